The van der Waals surface area contributed by atoms with Gasteiger partial charge in [0, 0.05) is 18.8 Å². The third-order valence-electron chi connectivity index (χ3n) is 3.44. The van der Waals surface area contributed by atoms with E-state index in [1.54, 1.807) is 0 Å². The van der Waals surface area contributed by atoms with Crippen LogP contribution in [0.5, 0.6) is 0 Å². The quantitative estimate of drug-likeness (QED) is 0.837. The third kappa shape index (κ3) is 2.89. The van der Waals surface area contributed by atoms with Gasteiger partial charge >= 0.3 is 0 Å². The topological polar surface area (TPSA) is 58.4 Å². The Morgan fingerprint density at radius 1 is 1.50 bits per heavy atom. The van der Waals surface area contributed by atoms with Crippen molar-refractivity contribution in [3.8, 4) is 0 Å². The van der Waals surface area contributed by atoms with Gasteiger partial charge in [-0.1, -0.05) is 19.1 Å². The molecule has 0 bridgehead atoms. The van der Waals surface area contributed by atoms with Crippen molar-refractivity contribution in [1.29, 1.82) is 0 Å². The predicted octanol–water partition coefficient (Wildman–Crippen LogP) is 1.08. The number of hydrogen-bond acceptors (Lipinski definition) is 3. The van der Waals surface area contributed by atoms with Crippen LogP contribution in [0, 0.1) is 0 Å². The lowest BCUT2D eigenvalue weighted by atomic mass is 9.97. The molecule has 3 N–H and O–H groups in total. The molecular formula is C14H21N3O. The molecule has 1 saturated heterocycles. The van der Waals surface area contributed by atoms with Crippen LogP contribution < -0.4 is 16.0 Å². The van der Waals surface area contributed by atoms with E-state index in [1.165, 1.54) is 5.56 Å². The first-order chi connectivity index (χ1) is 8.72. The molecule has 1 fully saturated rings. The number of nitrogens with one attached hydrogen (secondary N) is 1. The Kier molecular flexibility index (Phi) is 4.33. The molecule has 1 amide bonds. The molecule has 1 aliphatic heterocycles. The Hall–Kier alpha value is -1.39. The van der Waals surface area contributed by atoms with Crippen molar-refractivity contribution < 1.29 is 4.79 Å². The molecule has 2 rings (SSSR count). The van der Waals surface area contributed by atoms with Crippen LogP contribution in [-0.2, 0) is 4.79 Å². The molecule has 0 radical (unpaired) electrons. The molecular weight excluding hydrogens is 226 g/mol. The van der Waals surface area contributed by atoms with Crippen LogP contribution in [-0.4, -0.2) is 32.1 Å². The second-order valence-corrected chi connectivity index (χ2v) is 4.80. The van der Waals surface area contributed by atoms with Crippen LogP contribution in [0.1, 0.15) is 24.8 Å². The normalized spacial score (nSPS) is 17.9. The summed E-state index contributed by atoms with van der Waals surface area (Å²) in [5.74, 6) is 0.581. The van der Waals surface area contributed by atoms with Crippen molar-refractivity contribution >= 4 is 11.6 Å². The lowest BCUT2D eigenvalue weighted by molar-refractivity contribution is -0.118. The zero-order valence-electron chi connectivity index (χ0n) is 10.9. The van der Waals surface area contributed by atoms with Crippen LogP contribution in [0.4, 0.5) is 5.69 Å². The fraction of sp³-hybridized carbons (Fsp3) is 0.500. The first-order valence-corrected chi connectivity index (χ1v) is 6.53. The first-order valence-electron chi connectivity index (χ1n) is 6.53. The molecule has 1 unspecified atom stereocenters. The van der Waals surface area contributed by atoms with E-state index in [1.807, 2.05) is 17.0 Å². The highest BCUT2D eigenvalue weighted by atomic mass is 16.2. The summed E-state index contributed by atoms with van der Waals surface area (Å²) in [7, 11) is 0. The maximum absolute atomic E-state index is 11.8. The highest BCUT2D eigenvalue weighted by Crippen LogP contribution is 2.24. The summed E-state index contributed by atoms with van der Waals surface area (Å²) in [4.78, 5) is 13.7. The maximum Gasteiger partial charge on any atom is 0.240 e. The maximum atomic E-state index is 11.8. The summed E-state index contributed by atoms with van der Waals surface area (Å²) in [6.45, 7) is 4.90. The Morgan fingerprint density at radius 3 is 3.06 bits per heavy atom. The number of carbonyl (C=O) groups excluding carboxylic acids is 1. The average Bonchev–Trinajstić information content (AvgIpc) is 2.40. The van der Waals surface area contributed by atoms with Gasteiger partial charge in [-0.3, -0.25) is 4.79 Å². The molecule has 1 aliphatic rings. The molecule has 1 heterocycles. The Morgan fingerprint density at radius 2 is 2.33 bits per heavy atom. The lowest BCUT2D eigenvalue weighted by Crippen LogP contribution is -2.48. The van der Waals surface area contributed by atoms with E-state index in [0.717, 1.165) is 25.2 Å². The van der Waals surface area contributed by atoms with E-state index in [4.69, 9.17) is 5.73 Å². The van der Waals surface area contributed by atoms with E-state index in [9.17, 15) is 4.79 Å². The summed E-state index contributed by atoms with van der Waals surface area (Å²) in [6, 6.07) is 8.24. The van der Waals surface area contributed by atoms with Crippen molar-refractivity contribution in [2.24, 2.45) is 5.73 Å². The minimum atomic E-state index is 0.143. The van der Waals surface area contributed by atoms with Crippen molar-refractivity contribution in [3.05, 3.63) is 29.8 Å². The average molecular weight is 247 g/mol. The van der Waals surface area contributed by atoms with Crippen LogP contribution in [0.3, 0.4) is 0 Å². The van der Waals surface area contributed by atoms with Gasteiger partial charge in [0.1, 0.15) is 0 Å². The summed E-state index contributed by atoms with van der Waals surface area (Å²) >= 11 is 0. The Balaban J connectivity index is 2.18. The van der Waals surface area contributed by atoms with Crippen LogP contribution in [0.25, 0.3) is 0 Å². The van der Waals surface area contributed by atoms with Crippen LogP contribution in [0.2, 0.25) is 0 Å². The highest BCUT2D eigenvalue weighted by molar-refractivity contribution is 5.95. The minimum absolute atomic E-state index is 0.143. The third-order valence-corrected chi connectivity index (χ3v) is 3.44. The molecule has 1 aromatic rings. The predicted molar refractivity (Wildman–Crippen MR) is 73.8 cm³/mol. The fourth-order valence-electron chi connectivity index (χ4n) is 2.30. The number of benzene rings is 1. The number of piperazine rings is 1. The number of nitrogens with zero attached hydrogens (tertiary/aromatic N) is 1. The second-order valence-electron chi connectivity index (χ2n) is 4.80. The van der Waals surface area contributed by atoms with E-state index in [-0.39, 0.29) is 5.91 Å². The standard InChI is InChI=1S/C14H21N3O/c1-11(5-6-15)12-3-2-4-13(9-12)17-8-7-16-10-14(17)18/h2-4,9,11,16H,5-8,10,15H2,1H3. The van der Waals surface area contributed by atoms with E-state index in [0.29, 0.717) is 19.0 Å². The molecule has 0 aromatic heterocycles. The number of hydrogen-bond donors (Lipinski definition) is 2. The Labute approximate surface area is 108 Å². The zero-order valence-corrected chi connectivity index (χ0v) is 10.9. The number of amides is 1. The summed E-state index contributed by atoms with van der Waals surface area (Å²) < 4.78 is 0. The van der Waals surface area contributed by atoms with Gasteiger partial charge in [-0.25, -0.2) is 0 Å². The van der Waals surface area contributed by atoms with Crippen molar-refractivity contribution in [2.75, 3.05) is 31.1 Å². The Bertz CT molecular complexity index is 419. The molecule has 0 saturated carbocycles. The monoisotopic (exact) mass is 247 g/mol. The first kappa shape index (κ1) is 13.1. The molecule has 1 atom stereocenters. The van der Waals surface area contributed by atoms with Crippen molar-refractivity contribution in [1.82, 2.24) is 5.32 Å². The number of rotatable bonds is 4. The van der Waals surface area contributed by atoms with Gasteiger partial charge in [-0.2, -0.15) is 0 Å². The van der Waals surface area contributed by atoms with Gasteiger partial charge in [-0.05, 0) is 36.6 Å². The smallest absolute Gasteiger partial charge is 0.240 e. The van der Waals surface area contributed by atoms with Crippen molar-refractivity contribution in [2.45, 2.75) is 19.3 Å². The van der Waals surface area contributed by atoms with E-state index >= 15 is 0 Å². The SMILES string of the molecule is CC(CCN)c1cccc(N2CCNCC2=O)c1. The summed E-state index contributed by atoms with van der Waals surface area (Å²) in [6.07, 6.45) is 0.971. The van der Waals surface area contributed by atoms with Crippen LogP contribution >= 0.6 is 0 Å². The van der Waals surface area contributed by atoms with Gasteiger partial charge in [0.15, 0.2) is 0 Å². The molecule has 4 nitrogen and oxygen atoms in total. The molecule has 4 heteroatoms. The number of anilines is 1. The highest BCUT2D eigenvalue weighted by Gasteiger charge is 2.19. The van der Waals surface area contributed by atoms with Gasteiger partial charge < -0.3 is 16.0 Å². The van der Waals surface area contributed by atoms with Crippen LogP contribution in [0.15, 0.2) is 24.3 Å². The summed E-state index contributed by atoms with van der Waals surface area (Å²) in [5.41, 5.74) is 7.85. The molecule has 0 spiro atoms. The minimum Gasteiger partial charge on any atom is -0.330 e. The largest absolute Gasteiger partial charge is 0.330 e. The molecule has 1 aromatic carbocycles. The van der Waals surface area contributed by atoms with Crippen molar-refractivity contribution in [3.63, 3.8) is 0 Å². The van der Waals surface area contributed by atoms with E-state index in [2.05, 4.69) is 24.4 Å². The fourth-order valence-corrected chi connectivity index (χ4v) is 2.30. The number of nitrogens with two attached hydrogens (primary N) is 1. The second kappa shape index (κ2) is 5.98. The zero-order chi connectivity index (χ0) is 13.0. The van der Waals surface area contributed by atoms with Gasteiger partial charge in [-0.15, -0.1) is 0 Å². The molecule has 0 aliphatic carbocycles. The lowest BCUT2D eigenvalue weighted by Gasteiger charge is -2.28. The van der Waals surface area contributed by atoms with Gasteiger partial charge in [0.05, 0.1) is 6.54 Å². The van der Waals surface area contributed by atoms with Gasteiger partial charge in [0.25, 0.3) is 0 Å². The number of carbonyl (C=O) groups is 1. The van der Waals surface area contributed by atoms with Gasteiger partial charge in [0.2, 0.25) is 5.91 Å². The summed E-state index contributed by atoms with van der Waals surface area (Å²) in [5, 5.41) is 3.08. The van der Waals surface area contributed by atoms with E-state index < -0.39 is 0 Å². The molecule has 98 valence electrons. The molecule has 18 heavy (non-hydrogen) atoms.